The lowest BCUT2D eigenvalue weighted by Crippen LogP contribution is -1.83. The first kappa shape index (κ1) is 9.90. The van der Waals surface area contributed by atoms with Gasteiger partial charge >= 0.3 is 0 Å². The predicted molar refractivity (Wildman–Crippen MR) is 66.0 cm³/mol. The third-order valence-corrected chi connectivity index (χ3v) is 2.73. The smallest absolute Gasteiger partial charge is 0.181 e. The summed E-state index contributed by atoms with van der Waals surface area (Å²) in [7, 11) is 1.67. The summed E-state index contributed by atoms with van der Waals surface area (Å²) in [5.74, 6) is 0.850. The number of benzene rings is 2. The molecule has 0 amide bonds. The van der Waals surface area contributed by atoms with Crippen LogP contribution >= 0.6 is 0 Å². The highest BCUT2D eigenvalue weighted by Gasteiger charge is 2.03. The van der Waals surface area contributed by atoms with Crippen LogP contribution in [0.25, 0.3) is 22.2 Å². The maximum atomic E-state index is 5.22. The minimum atomic E-state index is 0.802. The van der Waals surface area contributed by atoms with Gasteiger partial charge in [0.1, 0.15) is 11.3 Å². The second-order valence-electron chi connectivity index (χ2n) is 3.77. The van der Waals surface area contributed by atoms with Crippen molar-refractivity contribution >= 4 is 11.1 Å². The Hall–Kier alpha value is -2.29. The van der Waals surface area contributed by atoms with Gasteiger partial charge in [-0.2, -0.15) is 0 Å². The minimum absolute atomic E-state index is 0.802. The number of methoxy groups -OCH3 is 1. The molecule has 1 heterocycles. The number of fused-ring (bicyclic) bond motifs is 1. The van der Waals surface area contributed by atoms with Crippen LogP contribution in [0.2, 0.25) is 0 Å². The topological polar surface area (TPSA) is 35.3 Å². The van der Waals surface area contributed by atoms with Crippen LogP contribution in [-0.2, 0) is 0 Å². The molecule has 3 nitrogen and oxygen atoms in total. The number of rotatable bonds is 2. The molecule has 0 spiro atoms. The lowest BCUT2D eigenvalue weighted by Gasteiger charge is -2.04. The first-order valence-electron chi connectivity index (χ1n) is 5.34. The summed E-state index contributed by atoms with van der Waals surface area (Å²) in [6, 6.07) is 13.9. The Balaban J connectivity index is 2.12. The molecule has 0 unspecified atom stereocenters. The normalized spacial score (nSPS) is 10.6. The molecule has 0 radical (unpaired) electrons. The lowest BCUT2D eigenvalue weighted by molar-refractivity contribution is 0.415. The van der Waals surface area contributed by atoms with Gasteiger partial charge in [0, 0.05) is 0 Å². The molecule has 1 aromatic heterocycles. The number of hydrogen-bond acceptors (Lipinski definition) is 3. The highest BCUT2D eigenvalue weighted by Crippen LogP contribution is 2.26. The highest BCUT2D eigenvalue weighted by molar-refractivity contribution is 5.80. The molecule has 0 atom stereocenters. The van der Waals surface area contributed by atoms with Gasteiger partial charge in [-0.05, 0) is 35.4 Å². The van der Waals surface area contributed by atoms with Gasteiger partial charge in [0.05, 0.1) is 7.11 Å². The van der Waals surface area contributed by atoms with E-state index >= 15 is 0 Å². The first-order chi connectivity index (χ1) is 8.36. The fraction of sp³-hybridized carbons (Fsp3) is 0.0714. The van der Waals surface area contributed by atoms with Crippen molar-refractivity contribution in [2.75, 3.05) is 7.11 Å². The number of oxazole rings is 1. The van der Waals surface area contributed by atoms with Crippen LogP contribution in [-0.4, -0.2) is 12.1 Å². The Bertz CT molecular complexity index is 658. The maximum Gasteiger partial charge on any atom is 0.181 e. The fourth-order valence-corrected chi connectivity index (χ4v) is 1.84. The monoisotopic (exact) mass is 225 g/mol. The van der Waals surface area contributed by atoms with Gasteiger partial charge in [-0.25, -0.2) is 4.98 Å². The Morgan fingerprint density at radius 2 is 1.94 bits per heavy atom. The molecule has 0 saturated heterocycles. The van der Waals surface area contributed by atoms with Crippen molar-refractivity contribution < 1.29 is 9.15 Å². The quantitative estimate of drug-likeness (QED) is 0.669. The maximum absolute atomic E-state index is 5.22. The third kappa shape index (κ3) is 1.76. The van der Waals surface area contributed by atoms with Gasteiger partial charge < -0.3 is 9.15 Å². The molecule has 17 heavy (non-hydrogen) atoms. The second kappa shape index (κ2) is 3.94. The predicted octanol–water partition coefficient (Wildman–Crippen LogP) is 3.50. The molecule has 3 rings (SSSR count). The van der Waals surface area contributed by atoms with E-state index in [9.17, 15) is 0 Å². The van der Waals surface area contributed by atoms with E-state index in [4.69, 9.17) is 9.15 Å². The number of ether oxygens (including phenoxy) is 1. The van der Waals surface area contributed by atoms with Crippen molar-refractivity contribution in [2.24, 2.45) is 0 Å². The van der Waals surface area contributed by atoms with Crippen molar-refractivity contribution in [3.8, 4) is 16.9 Å². The summed E-state index contributed by atoms with van der Waals surface area (Å²) in [6.07, 6.45) is 1.46. The van der Waals surface area contributed by atoms with Crippen molar-refractivity contribution in [3.05, 3.63) is 48.9 Å². The Kier molecular flexibility index (Phi) is 2.29. The van der Waals surface area contributed by atoms with Gasteiger partial charge in [-0.1, -0.05) is 18.2 Å². The van der Waals surface area contributed by atoms with Crippen LogP contribution in [0, 0.1) is 0 Å². The average molecular weight is 225 g/mol. The Morgan fingerprint density at radius 3 is 2.82 bits per heavy atom. The van der Waals surface area contributed by atoms with Gasteiger partial charge in [0.2, 0.25) is 0 Å². The Morgan fingerprint density at radius 1 is 1.06 bits per heavy atom. The third-order valence-electron chi connectivity index (χ3n) is 2.73. The van der Waals surface area contributed by atoms with E-state index in [1.54, 1.807) is 7.11 Å². The second-order valence-corrected chi connectivity index (χ2v) is 3.77. The van der Waals surface area contributed by atoms with Gasteiger partial charge in [0.25, 0.3) is 0 Å². The number of aromatic nitrogens is 1. The summed E-state index contributed by atoms with van der Waals surface area (Å²) in [5.41, 5.74) is 3.88. The van der Waals surface area contributed by atoms with Crippen LogP contribution in [0.5, 0.6) is 5.75 Å². The SMILES string of the molecule is COc1cccc(-c2ccc3ocnc3c2)c1. The number of hydrogen-bond donors (Lipinski definition) is 0. The molecule has 0 N–H and O–H groups in total. The highest BCUT2D eigenvalue weighted by atomic mass is 16.5. The molecule has 0 aliphatic rings. The largest absolute Gasteiger partial charge is 0.497 e. The molecule has 0 fully saturated rings. The van der Waals surface area contributed by atoms with Gasteiger partial charge in [-0.3, -0.25) is 0 Å². The molecule has 0 saturated carbocycles. The summed E-state index contributed by atoms with van der Waals surface area (Å²) >= 11 is 0. The van der Waals surface area contributed by atoms with E-state index < -0.39 is 0 Å². The Labute approximate surface area is 98.7 Å². The van der Waals surface area contributed by atoms with Crippen LogP contribution in [0.3, 0.4) is 0 Å². The van der Waals surface area contributed by atoms with Crippen molar-refractivity contribution in [2.45, 2.75) is 0 Å². The lowest BCUT2D eigenvalue weighted by atomic mass is 10.1. The zero-order valence-electron chi connectivity index (χ0n) is 9.38. The molecule has 0 bridgehead atoms. The summed E-state index contributed by atoms with van der Waals surface area (Å²) in [5, 5.41) is 0. The van der Waals surface area contributed by atoms with E-state index in [0.717, 1.165) is 28.0 Å². The zero-order valence-corrected chi connectivity index (χ0v) is 9.38. The molecular weight excluding hydrogens is 214 g/mol. The first-order valence-corrected chi connectivity index (χ1v) is 5.34. The average Bonchev–Trinajstić information content (AvgIpc) is 2.86. The molecule has 3 heteroatoms. The van der Waals surface area contributed by atoms with E-state index in [2.05, 4.69) is 4.98 Å². The zero-order chi connectivity index (χ0) is 11.7. The molecular formula is C14H11NO2. The van der Waals surface area contributed by atoms with E-state index in [1.807, 2.05) is 42.5 Å². The van der Waals surface area contributed by atoms with Gasteiger partial charge in [-0.15, -0.1) is 0 Å². The molecule has 2 aromatic carbocycles. The van der Waals surface area contributed by atoms with Crippen LogP contribution < -0.4 is 4.74 Å². The van der Waals surface area contributed by atoms with Crippen molar-refractivity contribution in [1.29, 1.82) is 0 Å². The molecule has 0 aliphatic carbocycles. The van der Waals surface area contributed by atoms with E-state index in [-0.39, 0.29) is 0 Å². The van der Waals surface area contributed by atoms with Gasteiger partial charge in [0.15, 0.2) is 12.0 Å². The minimum Gasteiger partial charge on any atom is -0.497 e. The molecule has 0 aliphatic heterocycles. The van der Waals surface area contributed by atoms with Crippen molar-refractivity contribution in [3.63, 3.8) is 0 Å². The molecule has 3 aromatic rings. The van der Waals surface area contributed by atoms with E-state index in [0.29, 0.717) is 0 Å². The van der Waals surface area contributed by atoms with Crippen LogP contribution in [0.15, 0.2) is 53.3 Å². The summed E-state index contributed by atoms with van der Waals surface area (Å²) < 4.78 is 10.4. The standard InChI is InChI=1S/C14H11NO2/c1-16-12-4-2-3-10(7-12)11-5-6-14-13(8-11)15-9-17-14/h2-9H,1H3. The van der Waals surface area contributed by atoms with Crippen LogP contribution in [0.1, 0.15) is 0 Å². The fourth-order valence-electron chi connectivity index (χ4n) is 1.84. The van der Waals surface area contributed by atoms with Crippen molar-refractivity contribution in [1.82, 2.24) is 4.98 Å². The number of nitrogens with zero attached hydrogens (tertiary/aromatic N) is 1. The van der Waals surface area contributed by atoms with Crippen LogP contribution in [0.4, 0.5) is 0 Å². The molecule has 84 valence electrons. The summed E-state index contributed by atoms with van der Waals surface area (Å²) in [6.45, 7) is 0. The summed E-state index contributed by atoms with van der Waals surface area (Å²) in [4.78, 5) is 4.15. The van der Waals surface area contributed by atoms with E-state index in [1.165, 1.54) is 6.39 Å².